The Labute approximate surface area is 403 Å². The summed E-state index contributed by atoms with van der Waals surface area (Å²) in [6.45, 7) is 9.54. The molecule has 0 aliphatic carbocycles. The molecule has 0 spiro atoms. The van der Waals surface area contributed by atoms with E-state index in [1.807, 2.05) is 19.1 Å². The van der Waals surface area contributed by atoms with E-state index in [2.05, 4.69) is 54.0 Å². The lowest BCUT2D eigenvalue weighted by Crippen LogP contribution is -2.57. The Balaban J connectivity index is 1.70. The predicted octanol–water partition coefficient (Wildman–Crippen LogP) is 1.41. The Morgan fingerprint density at radius 3 is 2.28 bits per heavy atom. The van der Waals surface area contributed by atoms with Gasteiger partial charge in [-0.1, -0.05) is 46.2 Å². The van der Waals surface area contributed by atoms with Crippen LogP contribution in [0.2, 0.25) is 0 Å². The average molecular weight is 962 g/mol. The summed E-state index contributed by atoms with van der Waals surface area (Å²) in [5, 5.41) is 28.3. The van der Waals surface area contributed by atoms with E-state index in [0.717, 1.165) is 31.3 Å². The van der Waals surface area contributed by atoms with E-state index in [9.17, 15) is 48.3 Å². The number of aliphatic imine (C=N–C) groups is 1. The number of aliphatic carboxylic acids is 1. The molecule has 0 saturated heterocycles. The first-order valence-electron chi connectivity index (χ1n) is 23.6. The van der Waals surface area contributed by atoms with Crippen molar-refractivity contribution >= 4 is 65.3 Å². The van der Waals surface area contributed by atoms with Crippen LogP contribution in [0.5, 0.6) is 0 Å². The van der Waals surface area contributed by atoms with E-state index in [1.165, 1.54) is 30.1 Å². The number of carboxylic acids is 1. The minimum Gasteiger partial charge on any atom is -0.481 e. The molecule has 0 saturated carbocycles. The third kappa shape index (κ3) is 20.1. The maximum Gasteiger partial charge on any atom is 0.305 e. The fraction of sp³-hybridized carbons (Fsp3) is 0.542. The summed E-state index contributed by atoms with van der Waals surface area (Å²) in [6, 6.07) is 7.89. The molecule has 1 aliphatic rings. The number of hydrogen-bond donors (Lipinski definition) is 9. The van der Waals surface area contributed by atoms with Crippen LogP contribution in [-0.4, -0.2) is 139 Å². The topological polar surface area (TPSA) is 303 Å². The largest absolute Gasteiger partial charge is 0.481 e. The number of nitrogens with two attached hydrogens (primary N) is 1. The third-order valence-corrected chi connectivity index (χ3v) is 11.1. The Hall–Kier alpha value is -6.90. The Bertz CT molecular complexity index is 2110. The number of nitrogens with zero attached hydrogens (tertiary/aromatic N) is 3. The molecule has 2 aromatic rings. The molecule has 3 rings (SSSR count). The SMILES string of the molecule is CCCNC(=O)CN(CCC)Cc1ccc(C(=O)NCCCCCC(=O)Nc2cc3cc(c2)C(=O)NC(C(C)C)C(=O)N(C)[C@@H](CCCN=CN)C(=O)NCC(=O)N[C@@H](CC(=O)O)C(=O)NC3)cc1. The summed E-state index contributed by atoms with van der Waals surface area (Å²) in [7, 11) is 1.40. The number of likely N-dealkylation sites (N-methyl/N-ethyl adjacent to an activating group) is 1. The molecule has 21 heteroatoms. The van der Waals surface area contributed by atoms with Crippen molar-refractivity contribution in [1.29, 1.82) is 0 Å². The number of rotatable bonds is 23. The van der Waals surface area contributed by atoms with Gasteiger partial charge in [-0.3, -0.25) is 53.0 Å². The number of fused-ring (bicyclic) bond motifs is 2. The average Bonchev–Trinajstić information content (AvgIpc) is 3.31. The van der Waals surface area contributed by atoms with Crippen LogP contribution in [-0.2, 0) is 46.7 Å². The minimum atomic E-state index is -1.54. The van der Waals surface area contributed by atoms with Gasteiger partial charge >= 0.3 is 5.97 Å². The van der Waals surface area contributed by atoms with Crippen molar-refractivity contribution < 1.29 is 48.3 Å². The van der Waals surface area contributed by atoms with Crippen LogP contribution in [0, 0.1) is 5.92 Å². The molecule has 378 valence electrons. The van der Waals surface area contributed by atoms with E-state index in [-0.39, 0.29) is 54.9 Å². The predicted molar refractivity (Wildman–Crippen MR) is 260 cm³/mol. The van der Waals surface area contributed by atoms with Crippen molar-refractivity contribution in [3.63, 3.8) is 0 Å². The standard InChI is InChI=1S/C48H71N11O10/c1-6-18-51-41(62)29-59(21-7-2)28-32-14-16-34(17-15-32)44(65)52-20-10-8-9-13-39(60)55-36-23-33-22-35(24-36)45(66)57-43(31(3)4)48(69)58(5)38(12-11-19-50-30-49)47(68)54-27-40(61)56-37(25-42(63)64)46(67)53-26-33/h14-17,22-24,30-31,37-38,43H,6-13,18-21,25-29H2,1-5H3,(H2,49,50)(H,51,62)(H,52,65)(H,53,67)(H,54,68)(H,55,60)(H,56,61)(H,57,66)(H,63,64)/t37-,38-,43?/m0/s1. The van der Waals surface area contributed by atoms with Gasteiger partial charge in [0.2, 0.25) is 35.4 Å². The van der Waals surface area contributed by atoms with Crippen molar-refractivity contribution in [2.24, 2.45) is 16.6 Å². The molecule has 3 atom stereocenters. The molecule has 10 N–H and O–H groups in total. The lowest BCUT2D eigenvalue weighted by atomic mass is 9.99. The number of carbonyl (C=O) groups is 9. The van der Waals surface area contributed by atoms with Crippen molar-refractivity contribution in [2.45, 2.75) is 117 Å². The van der Waals surface area contributed by atoms with Crippen LogP contribution >= 0.6 is 0 Å². The van der Waals surface area contributed by atoms with Crippen molar-refractivity contribution in [3.8, 4) is 0 Å². The van der Waals surface area contributed by atoms with Gasteiger partial charge < -0.3 is 53.0 Å². The monoisotopic (exact) mass is 962 g/mol. The molecule has 0 aromatic heterocycles. The number of benzene rings is 2. The highest BCUT2D eigenvalue weighted by molar-refractivity contribution is 6.01. The number of carbonyl (C=O) groups excluding carboxylic acids is 8. The molecule has 1 unspecified atom stereocenters. The van der Waals surface area contributed by atoms with Crippen molar-refractivity contribution in [2.75, 3.05) is 51.6 Å². The zero-order chi connectivity index (χ0) is 50.9. The molecular formula is C48H71N11O10. The molecule has 0 radical (unpaired) electrons. The first kappa shape index (κ1) is 56.4. The molecule has 0 fully saturated rings. The summed E-state index contributed by atoms with van der Waals surface area (Å²) < 4.78 is 0. The second-order valence-electron chi connectivity index (χ2n) is 17.3. The Morgan fingerprint density at radius 2 is 1.61 bits per heavy atom. The smallest absolute Gasteiger partial charge is 0.305 e. The van der Waals surface area contributed by atoms with Crippen LogP contribution < -0.4 is 43.0 Å². The van der Waals surface area contributed by atoms with Crippen molar-refractivity contribution in [3.05, 3.63) is 64.7 Å². The maximum absolute atomic E-state index is 14.0. The van der Waals surface area contributed by atoms with Crippen LogP contribution in [0.4, 0.5) is 5.69 Å². The molecule has 21 nitrogen and oxygen atoms in total. The molecule has 2 aromatic carbocycles. The highest BCUT2D eigenvalue weighted by atomic mass is 16.4. The molecule has 1 heterocycles. The second-order valence-corrected chi connectivity index (χ2v) is 17.3. The Morgan fingerprint density at radius 1 is 0.884 bits per heavy atom. The maximum atomic E-state index is 14.0. The van der Waals surface area contributed by atoms with E-state index >= 15 is 0 Å². The highest BCUT2D eigenvalue weighted by Crippen LogP contribution is 2.19. The number of anilines is 1. The van der Waals surface area contributed by atoms with Gasteiger partial charge in [0, 0.05) is 63.0 Å². The van der Waals surface area contributed by atoms with Gasteiger partial charge in [0.25, 0.3) is 11.8 Å². The van der Waals surface area contributed by atoms with Gasteiger partial charge in [-0.2, -0.15) is 0 Å². The van der Waals surface area contributed by atoms with Gasteiger partial charge in [0.05, 0.1) is 25.8 Å². The zero-order valence-electron chi connectivity index (χ0n) is 40.5. The van der Waals surface area contributed by atoms with Gasteiger partial charge in [0.15, 0.2) is 0 Å². The van der Waals surface area contributed by atoms with Gasteiger partial charge in [-0.05, 0) is 92.4 Å². The molecule has 2 bridgehead atoms. The molecule has 1 aliphatic heterocycles. The summed E-state index contributed by atoms with van der Waals surface area (Å²) in [6.07, 6.45) is 4.33. The number of hydrogen-bond acceptors (Lipinski definition) is 11. The molecular weight excluding hydrogens is 891 g/mol. The Kier molecular flexibility index (Phi) is 24.3. The van der Waals surface area contributed by atoms with Crippen LogP contribution in [0.3, 0.4) is 0 Å². The number of nitrogens with one attached hydrogen (secondary N) is 7. The van der Waals surface area contributed by atoms with Gasteiger partial charge in [-0.25, -0.2) is 0 Å². The lowest BCUT2D eigenvalue weighted by Gasteiger charge is -2.32. The third-order valence-electron chi connectivity index (χ3n) is 11.1. The fourth-order valence-corrected chi connectivity index (χ4v) is 7.47. The number of amides is 8. The summed E-state index contributed by atoms with van der Waals surface area (Å²) >= 11 is 0. The number of unbranched alkanes of at least 4 members (excludes halogenated alkanes) is 2. The van der Waals surface area contributed by atoms with Crippen molar-refractivity contribution in [1.82, 2.24) is 41.7 Å². The number of carboxylic acid groups (broad SMARTS) is 1. The van der Waals surface area contributed by atoms with E-state index in [4.69, 9.17) is 5.73 Å². The minimum absolute atomic E-state index is 0.0136. The summed E-state index contributed by atoms with van der Waals surface area (Å²) in [5.74, 6) is -6.14. The van der Waals surface area contributed by atoms with Gasteiger partial charge in [0.1, 0.15) is 18.1 Å². The summed E-state index contributed by atoms with van der Waals surface area (Å²) in [4.78, 5) is 125. The molecule has 8 amide bonds. The van der Waals surface area contributed by atoms with Crippen LogP contribution in [0.25, 0.3) is 0 Å². The quantitative estimate of drug-likeness (QED) is 0.0434. The molecule has 69 heavy (non-hydrogen) atoms. The van der Waals surface area contributed by atoms with Crippen LogP contribution in [0.1, 0.15) is 117 Å². The normalized spacial score (nSPS) is 17.3. The van der Waals surface area contributed by atoms with E-state index in [1.54, 1.807) is 26.0 Å². The van der Waals surface area contributed by atoms with E-state index in [0.29, 0.717) is 63.0 Å². The first-order valence-corrected chi connectivity index (χ1v) is 23.6. The first-order chi connectivity index (χ1) is 32.9. The summed E-state index contributed by atoms with van der Waals surface area (Å²) in [5.41, 5.74) is 7.42. The lowest BCUT2D eigenvalue weighted by molar-refractivity contribution is -0.142. The van der Waals surface area contributed by atoms with E-state index < -0.39 is 72.5 Å². The zero-order valence-corrected chi connectivity index (χ0v) is 40.5. The van der Waals surface area contributed by atoms with Crippen LogP contribution in [0.15, 0.2) is 47.5 Å². The fourth-order valence-electron chi connectivity index (χ4n) is 7.47. The second kappa shape index (κ2) is 29.8. The highest BCUT2D eigenvalue weighted by Gasteiger charge is 2.34. The van der Waals surface area contributed by atoms with Gasteiger partial charge in [-0.15, -0.1) is 0 Å².